The Balaban J connectivity index is 1.98. The highest BCUT2D eigenvalue weighted by Gasteiger charge is 2.10. The summed E-state index contributed by atoms with van der Waals surface area (Å²) in [4.78, 5) is 0. The summed E-state index contributed by atoms with van der Waals surface area (Å²) in [5.41, 5.74) is 1.27. The van der Waals surface area contributed by atoms with Crippen molar-refractivity contribution in [2.24, 2.45) is 0 Å². The Morgan fingerprint density at radius 1 is 0.947 bits per heavy atom. The van der Waals surface area contributed by atoms with Gasteiger partial charge in [0, 0.05) is 0 Å². The van der Waals surface area contributed by atoms with Gasteiger partial charge in [-0.1, -0.05) is 55.5 Å². The van der Waals surface area contributed by atoms with E-state index >= 15 is 0 Å². The van der Waals surface area contributed by atoms with Crippen LogP contribution in [0.5, 0.6) is 5.75 Å². The summed E-state index contributed by atoms with van der Waals surface area (Å²) in [5, 5.41) is 3.53. The van der Waals surface area contributed by atoms with E-state index in [-0.39, 0.29) is 6.04 Å². The number of hydrogen-bond acceptors (Lipinski definition) is 2. The van der Waals surface area contributed by atoms with Gasteiger partial charge >= 0.3 is 0 Å². The van der Waals surface area contributed by atoms with Gasteiger partial charge in [-0.15, -0.1) is 0 Å². The van der Waals surface area contributed by atoms with Gasteiger partial charge in [0.2, 0.25) is 0 Å². The third-order valence-electron chi connectivity index (χ3n) is 3.00. The van der Waals surface area contributed by atoms with Crippen molar-refractivity contribution in [1.82, 2.24) is 5.32 Å². The third-order valence-corrected chi connectivity index (χ3v) is 3.00. The summed E-state index contributed by atoms with van der Waals surface area (Å²) in [7, 11) is 0. The molecule has 0 fully saturated rings. The lowest BCUT2D eigenvalue weighted by Gasteiger charge is -2.19. The zero-order valence-corrected chi connectivity index (χ0v) is 11.4. The molecule has 2 heteroatoms. The maximum atomic E-state index is 5.86. The Morgan fingerprint density at radius 3 is 2.21 bits per heavy atom. The summed E-state index contributed by atoms with van der Waals surface area (Å²) >= 11 is 0. The number of nitrogens with one attached hydrogen (secondary N) is 1. The quantitative estimate of drug-likeness (QED) is 0.812. The fraction of sp³-hybridized carbons (Fsp3) is 0.294. The highest BCUT2D eigenvalue weighted by atomic mass is 16.5. The van der Waals surface area contributed by atoms with Crippen molar-refractivity contribution in [2.45, 2.75) is 19.4 Å². The first kappa shape index (κ1) is 13.6. The van der Waals surface area contributed by atoms with Crippen LogP contribution >= 0.6 is 0 Å². The molecule has 2 aromatic carbocycles. The monoisotopic (exact) mass is 255 g/mol. The minimum atomic E-state index is 0.237. The van der Waals surface area contributed by atoms with Gasteiger partial charge in [-0.25, -0.2) is 0 Å². The number of para-hydroxylation sites is 1. The SMILES string of the molecule is CCCNC(COc1ccccc1)c1ccccc1. The maximum absolute atomic E-state index is 5.86. The van der Waals surface area contributed by atoms with Crippen LogP contribution in [0.3, 0.4) is 0 Å². The van der Waals surface area contributed by atoms with Crippen molar-refractivity contribution < 1.29 is 4.74 Å². The molecular formula is C17H21NO. The Morgan fingerprint density at radius 2 is 1.58 bits per heavy atom. The van der Waals surface area contributed by atoms with Crippen LogP contribution in [0.25, 0.3) is 0 Å². The van der Waals surface area contributed by atoms with Crippen molar-refractivity contribution in [3.63, 3.8) is 0 Å². The molecule has 0 amide bonds. The van der Waals surface area contributed by atoms with E-state index in [0.29, 0.717) is 6.61 Å². The lowest BCUT2D eigenvalue weighted by atomic mass is 10.1. The van der Waals surface area contributed by atoms with Gasteiger partial charge in [-0.05, 0) is 30.7 Å². The van der Waals surface area contributed by atoms with Crippen molar-refractivity contribution in [3.05, 3.63) is 66.2 Å². The van der Waals surface area contributed by atoms with Gasteiger partial charge in [-0.2, -0.15) is 0 Å². The Labute approximate surface area is 115 Å². The average molecular weight is 255 g/mol. The molecule has 0 aliphatic heterocycles. The van der Waals surface area contributed by atoms with E-state index in [1.807, 2.05) is 36.4 Å². The molecular weight excluding hydrogens is 234 g/mol. The van der Waals surface area contributed by atoms with Crippen LogP contribution in [-0.4, -0.2) is 13.2 Å². The Kier molecular flexibility index (Phi) is 5.45. The average Bonchev–Trinajstić information content (AvgIpc) is 2.49. The van der Waals surface area contributed by atoms with E-state index in [1.54, 1.807) is 0 Å². The molecule has 1 N–H and O–H groups in total. The molecule has 0 radical (unpaired) electrons. The van der Waals surface area contributed by atoms with Gasteiger partial charge in [0.1, 0.15) is 12.4 Å². The van der Waals surface area contributed by atoms with E-state index in [2.05, 4.69) is 36.5 Å². The topological polar surface area (TPSA) is 21.3 Å². The molecule has 0 aliphatic rings. The molecule has 2 nitrogen and oxygen atoms in total. The molecule has 0 spiro atoms. The van der Waals surface area contributed by atoms with Crippen LogP contribution in [0.2, 0.25) is 0 Å². The molecule has 0 aromatic heterocycles. The lowest BCUT2D eigenvalue weighted by molar-refractivity contribution is 0.266. The second-order valence-electron chi connectivity index (χ2n) is 4.54. The largest absolute Gasteiger partial charge is 0.492 e. The van der Waals surface area contributed by atoms with Crippen LogP contribution in [0.4, 0.5) is 0 Å². The minimum absolute atomic E-state index is 0.237. The van der Waals surface area contributed by atoms with E-state index < -0.39 is 0 Å². The summed E-state index contributed by atoms with van der Waals surface area (Å²) in [5.74, 6) is 0.918. The van der Waals surface area contributed by atoms with Crippen LogP contribution in [0.15, 0.2) is 60.7 Å². The van der Waals surface area contributed by atoms with Gasteiger partial charge in [0.15, 0.2) is 0 Å². The minimum Gasteiger partial charge on any atom is -0.492 e. The van der Waals surface area contributed by atoms with Crippen LogP contribution in [0, 0.1) is 0 Å². The number of hydrogen-bond donors (Lipinski definition) is 1. The molecule has 2 aromatic rings. The molecule has 0 heterocycles. The highest BCUT2D eigenvalue weighted by Crippen LogP contribution is 2.16. The molecule has 0 aliphatic carbocycles. The van der Waals surface area contributed by atoms with Gasteiger partial charge < -0.3 is 10.1 Å². The second-order valence-corrected chi connectivity index (χ2v) is 4.54. The number of benzene rings is 2. The molecule has 1 unspecified atom stereocenters. The molecule has 100 valence electrons. The van der Waals surface area contributed by atoms with Gasteiger partial charge in [0.05, 0.1) is 6.04 Å². The molecule has 19 heavy (non-hydrogen) atoms. The predicted octanol–water partition coefficient (Wildman–Crippen LogP) is 3.81. The summed E-state index contributed by atoms with van der Waals surface area (Å²) in [6.07, 6.45) is 1.12. The Hall–Kier alpha value is -1.80. The molecule has 0 saturated carbocycles. The van der Waals surface area contributed by atoms with Gasteiger partial charge in [-0.3, -0.25) is 0 Å². The fourth-order valence-corrected chi connectivity index (χ4v) is 1.97. The van der Waals surface area contributed by atoms with E-state index in [1.165, 1.54) is 5.56 Å². The first-order chi connectivity index (χ1) is 9.40. The zero-order chi connectivity index (χ0) is 13.3. The molecule has 0 saturated heterocycles. The summed E-state index contributed by atoms with van der Waals surface area (Å²) < 4.78 is 5.86. The van der Waals surface area contributed by atoms with Crippen LogP contribution < -0.4 is 10.1 Å². The van der Waals surface area contributed by atoms with Gasteiger partial charge in [0.25, 0.3) is 0 Å². The van der Waals surface area contributed by atoms with Crippen LogP contribution in [0.1, 0.15) is 24.9 Å². The lowest BCUT2D eigenvalue weighted by Crippen LogP contribution is -2.27. The third kappa shape index (κ3) is 4.42. The van der Waals surface area contributed by atoms with Crippen LogP contribution in [-0.2, 0) is 0 Å². The normalized spacial score (nSPS) is 12.1. The van der Waals surface area contributed by atoms with Crippen molar-refractivity contribution >= 4 is 0 Å². The van der Waals surface area contributed by atoms with Crippen molar-refractivity contribution in [1.29, 1.82) is 0 Å². The number of rotatable bonds is 7. The number of ether oxygens (including phenoxy) is 1. The van der Waals surface area contributed by atoms with E-state index in [4.69, 9.17) is 4.74 Å². The summed E-state index contributed by atoms with van der Waals surface area (Å²) in [6.45, 7) is 3.82. The highest BCUT2D eigenvalue weighted by molar-refractivity contribution is 5.22. The summed E-state index contributed by atoms with van der Waals surface area (Å²) in [6, 6.07) is 20.7. The second kappa shape index (κ2) is 7.59. The fourth-order valence-electron chi connectivity index (χ4n) is 1.97. The van der Waals surface area contributed by atoms with Crippen molar-refractivity contribution in [2.75, 3.05) is 13.2 Å². The smallest absolute Gasteiger partial charge is 0.119 e. The van der Waals surface area contributed by atoms with E-state index in [9.17, 15) is 0 Å². The molecule has 0 bridgehead atoms. The molecule has 1 atom stereocenters. The Bertz CT molecular complexity index is 455. The first-order valence-corrected chi connectivity index (χ1v) is 6.86. The standard InChI is InChI=1S/C17H21NO/c1-2-13-18-17(15-9-5-3-6-10-15)14-19-16-11-7-4-8-12-16/h3-12,17-18H,2,13-14H2,1H3. The molecule has 2 rings (SSSR count). The first-order valence-electron chi connectivity index (χ1n) is 6.86. The maximum Gasteiger partial charge on any atom is 0.119 e. The van der Waals surface area contributed by atoms with E-state index in [0.717, 1.165) is 18.7 Å². The van der Waals surface area contributed by atoms with Crippen molar-refractivity contribution in [3.8, 4) is 5.75 Å². The zero-order valence-electron chi connectivity index (χ0n) is 11.4. The predicted molar refractivity (Wildman–Crippen MR) is 79.4 cm³/mol.